The Morgan fingerprint density at radius 1 is 1.03 bits per heavy atom. The van der Waals surface area contributed by atoms with Crippen molar-refractivity contribution < 1.29 is 4.79 Å². The average molecular weight is 473 g/mol. The Labute approximate surface area is 202 Å². The van der Waals surface area contributed by atoms with Gasteiger partial charge in [-0.3, -0.25) is 4.79 Å². The molecule has 2 bridgehead atoms. The van der Waals surface area contributed by atoms with E-state index >= 15 is 0 Å². The van der Waals surface area contributed by atoms with Crippen LogP contribution in [0.15, 0.2) is 48.5 Å². The predicted octanol–water partition coefficient (Wildman–Crippen LogP) is 5.15. The minimum atomic E-state index is -0.234. The van der Waals surface area contributed by atoms with E-state index in [2.05, 4.69) is 25.9 Å². The van der Waals surface area contributed by atoms with Gasteiger partial charge in [0.25, 0.3) is 5.91 Å². The normalized spacial score (nSPS) is 23.8. The summed E-state index contributed by atoms with van der Waals surface area (Å²) in [5.41, 5.74) is 3.61. The first-order valence-corrected chi connectivity index (χ1v) is 12.1. The van der Waals surface area contributed by atoms with Crippen molar-refractivity contribution in [2.75, 3.05) is 0 Å². The Hall–Kier alpha value is -3.32. The van der Waals surface area contributed by atoms with E-state index in [0.717, 1.165) is 66.4 Å². The zero-order valence-electron chi connectivity index (χ0n) is 18.9. The number of fused-ring (bicyclic) bond motifs is 4. The van der Waals surface area contributed by atoms with E-state index in [9.17, 15) is 4.79 Å². The fraction of sp³-hybridized carbons (Fsp3) is 0.346. The van der Waals surface area contributed by atoms with Crippen LogP contribution in [-0.2, 0) is 5.41 Å². The van der Waals surface area contributed by atoms with Crippen LogP contribution in [0.3, 0.4) is 0 Å². The lowest BCUT2D eigenvalue weighted by Gasteiger charge is -2.52. The summed E-state index contributed by atoms with van der Waals surface area (Å²) in [5.74, 6) is 0.745. The number of pyridine rings is 1. The van der Waals surface area contributed by atoms with Crippen LogP contribution < -0.4 is 5.32 Å². The molecule has 2 N–H and O–H groups in total. The number of hydrogen-bond acceptors (Lipinski definition) is 5. The van der Waals surface area contributed by atoms with Crippen LogP contribution in [0.2, 0.25) is 5.02 Å². The molecule has 4 aromatic rings. The summed E-state index contributed by atoms with van der Waals surface area (Å²) in [6.07, 6.45) is 5.52. The van der Waals surface area contributed by atoms with Crippen LogP contribution in [0.1, 0.15) is 60.3 Å². The van der Waals surface area contributed by atoms with Gasteiger partial charge in [0.2, 0.25) is 0 Å². The molecule has 1 amide bonds. The molecule has 34 heavy (non-hydrogen) atoms. The molecule has 3 saturated carbocycles. The number of halogens is 1. The number of carbonyl (C=O) groups excluding carboxylic acids is 1. The molecule has 3 aliphatic carbocycles. The number of amides is 1. The topological polar surface area (TPSA) is 96.5 Å². The highest BCUT2D eigenvalue weighted by Crippen LogP contribution is 2.52. The minimum absolute atomic E-state index is 0.00538. The SMILES string of the molecule is Cc1ccc2nc(-c3ccccc3)c(Cl)c(C(=O)NC34CCC(c5nnn[nH]5)(CC3)CC4)c2c1. The summed E-state index contributed by atoms with van der Waals surface area (Å²) >= 11 is 6.93. The average Bonchev–Trinajstić information content (AvgIpc) is 3.41. The number of carbonyl (C=O) groups is 1. The summed E-state index contributed by atoms with van der Waals surface area (Å²) < 4.78 is 0. The second-order valence-electron chi connectivity index (χ2n) is 9.80. The minimum Gasteiger partial charge on any atom is -0.347 e. The third-order valence-corrected chi connectivity index (χ3v) is 8.20. The number of rotatable bonds is 4. The molecule has 7 rings (SSSR count). The molecule has 0 unspecified atom stereocenters. The first-order valence-electron chi connectivity index (χ1n) is 11.7. The fourth-order valence-electron chi connectivity index (χ4n) is 5.78. The summed E-state index contributed by atoms with van der Waals surface area (Å²) in [7, 11) is 0. The quantitative estimate of drug-likeness (QED) is 0.428. The van der Waals surface area contributed by atoms with Crippen LogP contribution >= 0.6 is 11.6 Å². The van der Waals surface area contributed by atoms with Gasteiger partial charge in [-0.15, -0.1) is 5.10 Å². The number of nitrogens with zero attached hydrogens (tertiary/aromatic N) is 4. The number of aromatic amines is 1. The lowest BCUT2D eigenvalue weighted by molar-refractivity contribution is 0.0579. The van der Waals surface area contributed by atoms with Crippen molar-refractivity contribution in [1.82, 2.24) is 30.9 Å². The maximum absolute atomic E-state index is 13.9. The molecule has 172 valence electrons. The Bertz CT molecular complexity index is 1360. The molecule has 3 fully saturated rings. The van der Waals surface area contributed by atoms with Crippen LogP contribution in [0, 0.1) is 6.92 Å². The zero-order valence-corrected chi connectivity index (χ0v) is 19.7. The standard InChI is InChI=1S/C26H25ClN6O/c1-16-7-8-19-18(15-16)20(21(27)22(28-19)17-5-3-2-4-6-17)23(34)29-26-12-9-25(10-13-26,11-14-26)24-30-32-33-31-24/h2-8,15H,9-14H2,1H3,(H,29,34)(H,30,31,32,33). The Morgan fingerprint density at radius 2 is 1.76 bits per heavy atom. The lowest BCUT2D eigenvalue weighted by Crippen LogP contribution is -2.58. The van der Waals surface area contributed by atoms with Crippen LogP contribution in [0.5, 0.6) is 0 Å². The summed E-state index contributed by atoms with van der Waals surface area (Å²) in [5, 5.41) is 19.3. The molecule has 0 atom stereocenters. The molecule has 3 aliphatic rings. The van der Waals surface area contributed by atoms with E-state index in [1.54, 1.807) is 0 Å². The molecular weight excluding hydrogens is 448 g/mol. The van der Waals surface area contributed by atoms with Gasteiger partial charge in [-0.1, -0.05) is 53.6 Å². The van der Waals surface area contributed by atoms with Gasteiger partial charge < -0.3 is 5.32 Å². The first-order chi connectivity index (χ1) is 16.5. The molecule has 2 aromatic heterocycles. The predicted molar refractivity (Wildman–Crippen MR) is 131 cm³/mol. The lowest BCUT2D eigenvalue weighted by atomic mass is 9.57. The molecule has 2 heterocycles. The van der Waals surface area contributed by atoms with Gasteiger partial charge in [-0.05, 0) is 68.0 Å². The third-order valence-electron chi connectivity index (χ3n) is 7.83. The number of aromatic nitrogens is 5. The molecule has 7 nitrogen and oxygen atoms in total. The van der Waals surface area contributed by atoms with Crippen molar-refractivity contribution >= 4 is 28.4 Å². The summed E-state index contributed by atoms with van der Waals surface area (Å²) in [6.45, 7) is 2.01. The number of aryl methyl sites for hydroxylation is 1. The van der Waals surface area contributed by atoms with E-state index < -0.39 is 0 Å². The second kappa shape index (κ2) is 7.87. The van der Waals surface area contributed by atoms with Crippen LogP contribution in [0.25, 0.3) is 22.2 Å². The van der Waals surface area contributed by atoms with Crippen molar-refractivity contribution in [3.8, 4) is 11.3 Å². The molecule has 0 spiro atoms. The van der Waals surface area contributed by atoms with Crippen LogP contribution in [0.4, 0.5) is 0 Å². The molecule has 0 aliphatic heterocycles. The van der Waals surface area contributed by atoms with Gasteiger partial charge in [-0.2, -0.15) is 0 Å². The van der Waals surface area contributed by atoms with Crippen LogP contribution in [-0.4, -0.2) is 37.1 Å². The van der Waals surface area contributed by atoms with E-state index in [1.165, 1.54) is 0 Å². The number of tetrazole rings is 1. The second-order valence-corrected chi connectivity index (χ2v) is 10.2. The van der Waals surface area contributed by atoms with Gasteiger partial charge >= 0.3 is 0 Å². The van der Waals surface area contributed by atoms with E-state index in [4.69, 9.17) is 16.6 Å². The van der Waals surface area contributed by atoms with E-state index in [0.29, 0.717) is 16.3 Å². The Morgan fingerprint density at radius 3 is 2.44 bits per heavy atom. The van der Waals surface area contributed by atoms with Crippen molar-refractivity contribution in [3.63, 3.8) is 0 Å². The van der Waals surface area contributed by atoms with Crippen molar-refractivity contribution in [2.45, 2.75) is 56.4 Å². The zero-order chi connectivity index (χ0) is 23.3. The number of hydrogen-bond donors (Lipinski definition) is 2. The molecule has 2 aromatic carbocycles. The van der Waals surface area contributed by atoms with E-state index in [-0.39, 0.29) is 16.9 Å². The van der Waals surface area contributed by atoms with E-state index in [1.807, 2.05) is 55.5 Å². The number of nitrogens with one attached hydrogen (secondary N) is 2. The molecule has 0 radical (unpaired) electrons. The van der Waals surface area contributed by atoms with Gasteiger partial charge in [0, 0.05) is 21.9 Å². The van der Waals surface area contributed by atoms with Gasteiger partial charge in [0.15, 0.2) is 5.82 Å². The summed E-state index contributed by atoms with van der Waals surface area (Å²) in [6, 6.07) is 15.8. The fourth-order valence-corrected chi connectivity index (χ4v) is 6.12. The number of benzene rings is 2. The highest BCUT2D eigenvalue weighted by molar-refractivity contribution is 6.38. The monoisotopic (exact) mass is 472 g/mol. The largest absolute Gasteiger partial charge is 0.347 e. The maximum atomic E-state index is 13.9. The molecule has 0 saturated heterocycles. The van der Waals surface area contributed by atoms with Gasteiger partial charge in [0.1, 0.15) is 0 Å². The molecule has 8 heteroatoms. The van der Waals surface area contributed by atoms with Crippen molar-refractivity contribution in [3.05, 3.63) is 70.5 Å². The highest BCUT2D eigenvalue weighted by atomic mass is 35.5. The molecular formula is C26H25ClN6O. The van der Waals surface area contributed by atoms with Crippen molar-refractivity contribution in [2.24, 2.45) is 0 Å². The first kappa shape index (κ1) is 21.2. The summed E-state index contributed by atoms with van der Waals surface area (Å²) in [4.78, 5) is 18.7. The number of H-pyrrole nitrogens is 1. The smallest absolute Gasteiger partial charge is 0.253 e. The Kier molecular flexibility index (Phi) is 4.92. The van der Waals surface area contributed by atoms with Crippen molar-refractivity contribution in [1.29, 1.82) is 0 Å². The highest BCUT2D eigenvalue weighted by Gasteiger charge is 2.51. The van der Waals surface area contributed by atoms with Gasteiger partial charge in [-0.25, -0.2) is 10.1 Å². The van der Waals surface area contributed by atoms with Gasteiger partial charge in [0.05, 0.1) is 21.8 Å². The maximum Gasteiger partial charge on any atom is 0.253 e. The third kappa shape index (κ3) is 3.38. The Balaban J connectivity index is 1.37.